The van der Waals surface area contributed by atoms with Crippen molar-refractivity contribution in [1.29, 1.82) is 0 Å². The summed E-state index contributed by atoms with van der Waals surface area (Å²) >= 11 is 0. The van der Waals surface area contributed by atoms with Crippen LogP contribution in [0, 0.1) is 19.8 Å². The maximum absolute atomic E-state index is 11.6. The predicted octanol–water partition coefficient (Wildman–Crippen LogP) is 2.07. The number of nitrogens with zero attached hydrogens (tertiary/aromatic N) is 1. The van der Waals surface area contributed by atoms with E-state index in [1.54, 1.807) is 6.92 Å². The summed E-state index contributed by atoms with van der Waals surface area (Å²) < 4.78 is 4.93. The SMILES string of the molecule is Cc1onc(C(=O)NCCC(C)C)c1C. The Morgan fingerprint density at radius 3 is 2.60 bits per heavy atom. The van der Waals surface area contributed by atoms with Crippen molar-refractivity contribution in [3.8, 4) is 0 Å². The topological polar surface area (TPSA) is 55.1 Å². The molecule has 0 saturated heterocycles. The molecule has 0 radical (unpaired) electrons. The van der Waals surface area contributed by atoms with E-state index in [0.717, 1.165) is 12.0 Å². The number of amides is 1. The summed E-state index contributed by atoms with van der Waals surface area (Å²) in [6, 6.07) is 0. The van der Waals surface area contributed by atoms with E-state index in [-0.39, 0.29) is 5.91 Å². The van der Waals surface area contributed by atoms with Crippen LogP contribution in [-0.2, 0) is 0 Å². The van der Waals surface area contributed by atoms with Crippen LogP contribution >= 0.6 is 0 Å². The number of aryl methyl sites for hydroxylation is 1. The van der Waals surface area contributed by atoms with Gasteiger partial charge in [-0.15, -0.1) is 0 Å². The third kappa shape index (κ3) is 3.08. The van der Waals surface area contributed by atoms with Gasteiger partial charge in [0.25, 0.3) is 5.91 Å². The van der Waals surface area contributed by atoms with E-state index in [4.69, 9.17) is 4.52 Å². The number of rotatable bonds is 4. The first kappa shape index (κ1) is 11.8. The Kier molecular flexibility index (Phi) is 3.88. The Balaban J connectivity index is 2.51. The zero-order valence-electron chi connectivity index (χ0n) is 9.76. The molecular formula is C11H18N2O2. The summed E-state index contributed by atoms with van der Waals surface area (Å²) in [5.74, 6) is 1.14. The highest BCUT2D eigenvalue weighted by Crippen LogP contribution is 2.10. The van der Waals surface area contributed by atoms with E-state index in [1.807, 2.05) is 6.92 Å². The van der Waals surface area contributed by atoms with Crippen LogP contribution in [-0.4, -0.2) is 17.6 Å². The van der Waals surface area contributed by atoms with Crippen LogP contribution in [0.25, 0.3) is 0 Å². The maximum Gasteiger partial charge on any atom is 0.273 e. The van der Waals surface area contributed by atoms with Gasteiger partial charge in [-0.05, 0) is 26.2 Å². The van der Waals surface area contributed by atoms with Crippen LogP contribution in [0.1, 0.15) is 42.1 Å². The summed E-state index contributed by atoms with van der Waals surface area (Å²) in [5.41, 5.74) is 1.22. The molecule has 0 aromatic carbocycles. The van der Waals surface area contributed by atoms with E-state index < -0.39 is 0 Å². The molecule has 15 heavy (non-hydrogen) atoms. The highest BCUT2D eigenvalue weighted by Gasteiger charge is 2.15. The highest BCUT2D eigenvalue weighted by molar-refractivity contribution is 5.93. The van der Waals surface area contributed by atoms with Gasteiger partial charge in [-0.2, -0.15) is 0 Å². The molecule has 0 unspecified atom stereocenters. The van der Waals surface area contributed by atoms with Gasteiger partial charge in [0.1, 0.15) is 5.76 Å². The van der Waals surface area contributed by atoms with Crippen LogP contribution in [0.3, 0.4) is 0 Å². The molecule has 1 aromatic rings. The van der Waals surface area contributed by atoms with Gasteiger partial charge < -0.3 is 9.84 Å². The molecule has 1 N–H and O–H groups in total. The smallest absolute Gasteiger partial charge is 0.273 e. The number of carbonyl (C=O) groups is 1. The third-order valence-electron chi connectivity index (χ3n) is 2.38. The molecule has 0 spiro atoms. The van der Waals surface area contributed by atoms with Gasteiger partial charge in [0.15, 0.2) is 5.69 Å². The van der Waals surface area contributed by atoms with Crippen molar-refractivity contribution in [3.63, 3.8) is 0 Å². The lowest BCUT2D eigenvalue weighted by atomic mass is 10.1. The molecule has 0 saturated carbocycles. The molecule has 0 bridgehead atoms. The quantitative estimate of drug-likeness (QED) is 0.827. The molecule has 0 aliphatic heterocycles. The van der Waals surface area contributed by atoms with Crippen molar-refractivity contribution in [2.24, 2.45) is 5.92 Å². The van der Waals surface area contributed by atoms with Crippen molar-refractivity contribution < 1.29 is 9.32 Å². The predicted molar refractivity (Wildman–Crippen MR) is 57.8 cm³/mol. The highest BCUT2D eigenvalue weighted by atomic mass is 16.5. The van der Waals surface area contributed by atoms with E-state index >= 15 is 0 Å². The second kappa shape index (κ2) is 4.96. The molecule has 4 heteroatoms. The largest absolute Gasteiger partial charge is 0.361 e. The first-order valence-electron chi connectivity index (χ1n) is 5.23. The number of nitrogens with one attached hydrogen (secondary N) is 1. The van der Waals surface area contributed by atoms with Crippen molar-refractivity contribution in [2.45, 2.75) is 34.1 Å². The fourth-order valence-electron chi connectivity index (χ4n) is 1.19. The third-order valence-corrected chi connectivity index (χ3v) is 2.38. The molecule has 0 fully saturated rings. The number of aromatic nitrogens is 1. The molecule has 1 amide bonds. The van der Waals surface area contributed by atoms with E-state index in [9.17, 15) is 4.79 Å². The molecule has 1 heterocycles. The lowest BCUT2D eigenvalue weighted by Crippen LogP contribution is -2.26. The van der Waals surface area contributed by atoms with Crippen molar-refractivity contribution in [2.75, 3.05) is 6.54 Å². The van der Waals surface area contributed by atoms with Crippen molar-refractivity contribution in [3.05, 3.63) is 17.0 Å². The van der Waals surface area contributed by atoms with Crippen molar-refractivity contribution >= 4 is 5.91 Å². The molecule has 0 aliphatic rings. The minimum absolute atomic E-state index is 0.148. The minimum Gasteiger partial charge on any atom is -0.361 e. The minimum atomic E-state index is -0.148. The zero-order chi connectivity index (χ0) is 11.4. The molecule has 4 nitrogen and oxygen atoms in total. The average Bonchev–Trinajstić information content (AvgIpc) is 2.47. The first-order valence-corrected chi connectivity index (χ1v) is 5.23. The Labute approximate surface area is 90.0 Å². The van der Waals surface area contributed by atoms with Gasteiger partial charge in [0.05, 0.1) is 0 Å². The monoisotopic (exact) mass is 210 g/mol. The van der Waals surface area contributed by atoms with Gasteiger partial charge in [0, 0.05) is 12.1 Å². The van der Waals surface area contributed by atoms with Gasteiger partial charge in [-0.1, -0.05) is 19.0 Å². The zero-order valence-corrected chi connectivity index (χ0v) is 9.76. The van der Waals surface area contributed by atoms with Crippen LogP contribution in [0.2, 0.25) is 0 Å². The van der Waals surface area contributed by atoms with E-state index in [0.29, 0.717) is 23.9 Å². The number of hydrogen-bond acceptors (Lipinski definition) is 3. The summed E-state index contributed by atoms with van der Waals surface area (Å²) in [7, 11) is 0. The second-order valence-electron chi connectivity index (χ2n) is 4.15. The molecule has 0 atom stereocenters. The lowest BCUT2D eigenvalue weighted by molar-refractivity contribution is 0.0942. The van der Waals surface area contributed by atoms with Crippen LogP contribution in [0.15, 0.2) is 4.52 Å². The van der Waals surface area contributed by atoms with Crippen LogP contribution < -0.4 is 5.32 Å². The molecule has 84 valence electrons. The van der Waals surface area contributed by atoms with Crippen LogP contribution in [0.4, 0.5) is 0 Å². The lowest BCUT2D eigenvalue weighted by Gasteiger charge is -2.05. The molecule has 0 aliphatic carbocycles. The maximum atomic E-state index is 11.6. The summed E-state index contributed by atoms with van der Waals surface area (Å²) in [5, 5.41) is 6.55. The van der Waals surface area contributed by atoms with Crippen LogP contribution in [0.5, 0.6) is 0 Å². The van der Waals surface area contributed by atoms with Crippen molar-refractivity contribution in [1.82, 2.24) is 10.5 Å². The second-order valence-corrected chi connectivity index (χ2v) is 4.15. The summed E-state index contributed by atoms with van der Waals surface area (Å²) in [6.45, 7) is 8.56. The number of hydrogen-bond donors (Lipinski definition) is 1. The fraction of sp³-hybridized carbons (Fsp3) is 0.636. The Morgan fingerprint density at radius 2 is 2.13 bits per heavy atom. The van der Waals surface area contributed by atoms with Gasteiger partial charge in [-0.3, -0.25) is 4.79 Å². The Hall–Kier alpha value is -1.32. The first-order chi connectivity index (χ1) is 7.02. The van der Waals surface area contributed by atoms with Gasteiger partial charge in [0.2, 0.25) is 0 Å². The summed E-state index contributed by atoms with van der Waals surface area (Å²) in [6.07, 6.45) is 0.974. The Morgan fingerprint density at radius 1 is 1.47 bits per heavy atom. The summed E-state index contributed by atoms with van der Waals surface area (Å²) in [4.78, 5) is 11.6. The molecular weight excluding hydrogens is 192 g/mol. The fourth-order valence-corrected chi connectivity index (χ4v) is 1.19. The number of carbonyl (C=O) groups excluding carboxylic acids is 1. The Bertz CT molecular complexity index is 342. The normalized spacial score (nSPS) is 10.7. The van der Waals surface area contributed by atoms with E-state index in [1.165, 1.54) is 0 Å². The average molecular weight is 210 g/mol. The molecule has 1 rings (SSSR count). The van der Waals surface area contributed by atoms with E-state index in [2.05, 4.69) is 24.3 Å². The standard InChI is InChI=1S/C11H18N2O2/c1-7(2)5-6-12-11(14)10-8(3)9(4)15-13-10/h7H,5-6H2,1-4H3,(H,12,14). The van der Waals surface area contributed by atoms with Gasteiger partial charge >= 0.3 is 0 Å². The van der Waals surface area contributed by atoms with Gasteiger partial charge in [-0.25, -0.2) is 0 Å². The molecule has 1 aromatic heterocycles.